The largest absolute Gasteiger partial charge is 0.497 e. The normalized spacial score (nSPS) is 11.8. The van der Waals surface area contributed by atoms with E-state index in [1.54, 1.807) is 31.4 Å². The standard InChI is InChI=1S/C26H27NO4/c1-18(2)23(27-25(28)21-14-16-22(30-3)17-15-21)26(29)31-24(19-10-6-4-7-11-19)20-12-8-5-9-13-20/h4-18,23-24H,1-3H3,(H,27,28)/t23-/m0/s1. The van der Waals surface area contributed by atoms with Gasteiger partial charge in [-0.2, -0.15) is 0 Å². The minimum absolute atomic E-state index is 0.151. The van der Waals surface area contributed by atoms with Crippen LogP contribution in [0.3, 0.4) is 0 Å². The quantitative estimate of drug-likeness (QED) is 0.536. The van der Waals surface area contributed by atoms with E-state index >= 15 is 0 Å². The molecule has 3 aromatic carbocycles. The van der Waals surface area contributed by atoms with Crippen LogP contribution in [-0.4, -0.2) is 25.0 Å². The summed E-state index contributed by atoms with van der Waals surface area (Å²) in [5.74, 6) is -0.310. The maximum Gasteiger partial charge on any atom is 0.329 e. The van der Waals surface area contributed by atoms with Crippen molar-refractivity contribution in [3.8, 4) is 5.75 Å². The molecule has 3 rings (SSSR count). The Kier molecular flexibility index (Phi) is 7.44. The van der Waals surface area contributed by atoms with Gasteiger partial charge in [0.05, 0.1) is 7.11 Å². The first kappa shape index (κ1) is 22.1. The maximum absolute atomic E-state index is 13.2. The van der Waals surface area contributed by atoms with Gasteiger partial charge in [0.15, 0.2) is 6.10 Å². The molecule has 0 aliphatic rings. The Labute approximate surface area is 183 Å². The molecular weight excluding hydrogens is 390 g/mol. The molecule has 0 fully saturated rings. The Morgan fingerprint density at radius 2 is 1.29 bits per heavy atom. The Bertz CT molecular complexity index is 945. The smallest absolute Gasteiger partial charge is 0.329 e. The SMILES string of the molecule is COc1ccc(C(=O)N[C@H](C(=O)OC(c2ccccc2)c2ccccc2)C(C)C)cc1. The summed E-state index contributed by atoms with van der Waals surface area (Å²) in [5, 5.41) is 2.82. The molecule has 0 heterocycles. The van der Waals surface area contributed by atoms with E-state index in [1.165, 1.54) is 0 Å². The molecule has 1 atom stereocenters. The van der Waals surface area contributed by atoms with Gasteiger partial charge in [0, 0.05) is 5.56 Å². The number of carbonyl (C=O) groups is 2. The Morgan fingerprint density at radius 1 is 0.774 bits per heavy atom. The number of esters is 1. The number of hydrogen-bond acceptors (Lipinski definition) is 4. The molecule has 0 unspecified atom stereocenters. The lowest BCUT2D eigenvalue weighted by Crippen LogP contribution is -2.45. The second-order valence-corrected chi connectivity index (χ2v) is 7.56. The zero-order chi connectivity index (χ0) is 22.2. The molecule has 31 heavy (non-hydrogen) atoms. The highest BCUT2D eigenvalue weighted by Gasteiger charge is 2.29. The number of amides is 1. The van der Waals surface area contributed by atoms with E-state index in [2.05, 4.69) is 5.32 Å². The molecule has 1 N–H and O–H groups in total. The van der Waals surface area contributed by atoms with Crippen molar-refractivity contribution < 1.29 is 19.1 Å². The molecule has 160 valence electrons. The van der Waals surface area contributed by atoms with E-state index < -0.39 is 18.1 Å². The van der Waals surface area contributed by atoms with Crippen LogP contribution in [0.5, 0.6) is 5.75 Å². The van der Waals surface area contributed by atoms with Crippen molar-refractivity contribution in [3.63, 3.8) is 0 Å². The summed E-state index contributed by atoms with van der Waals surface area (Å²) in [6.07, 6.45) is -0.561. The van der Waals surface area contributed by atoms with Gasteiger partial charge in [-0.15, -0.1) is 0 Å². The van der Waals surface area contributed by atoms with Gasteiger partial charge < -0.3 is 14.8 Å². The zero-order valence-electron chi connectivity index (χ0n) is 17.9. The number of ether oxygens (including phenoxy) is 2. The van der Waals surface area contributed by atoms with Crippen LogP contribution in [-0.2, 0) is 9.53 Å². The van der Waals surface area contributed by atoms with E-state index in [0.717, 1.165) is 11.1 Å². The second-order valence-electron chi connectivity index (χ2n) is 7.56. The second kappa shape index (κ2) is 10.4. The summed E-state index contributed by atoms with van der Waals surface area (Å²) < 4.78 is 11.1. The molecule has 0 aliphatic carbocycles. The maximum atomic E-state index is 13.2. The highest BCUT2D eigenvalue weighted by molar-refractivity contribution is 5.97. The van der Waals surface area contributed by atoms with E-state index in [0.29, 0.717) is 11.3 Å². The summed E-state index contributed by atoms with van der Waals surface area (Å²) in [5.41, 5.74) is 2.18. The third-order valence-corrected chi connectivity index (χ3v) is 5.00. The van der Waals surface area contributed by atoms with Crippen molar-refractivity contribution in [2.24, 2.45) is 5.92 Å². The van der Waals surface area contributed by atoms with E-state index in [-0.39, 0.29) is 11.8 Å². The summed E-state index contributed by atoms with van der Waals surface area (Å²) in [6.45, 7) is 3.75. The van der Waals surface area contributed by atoms with Crippen LogP contribution in [0.4, 0.5) is 0 Å². The number of nitrogens with one attached hydrogen (secondary N) is 1. The van der Waals surface area contributed by atoms with Gasteiger partial charge in [0.25, 0.3) is 5.91 Å². The highest BCUT2D eigenvalue weighted by Crippen LogP contribution is 2.27. The van der Waals surface area contributed by atoms with Crippen LogP contribution in [0.25, 0.3) is 0 Å². The summed E-state index contributed by atoms with van der Waals surface area (Å²) in [6, 6.07) is 25.1. The number of benzene rings is 3. The van der Waals surface area contributed by atoms with Crippen molar-refractivity contribution in [2.45, 2.75) is 26.0 Å². The monoisotopic (exact) mass is 417 g/mol. The van der Waals surface area contributed by atoms with Crippen molar-refractivity contribution in [2.75, 3.05) is 7.11 Å². The Hall–Kier alpha value is -3.60. The molecule has 5 nitrogen and oxygen atoms in total. The van der Waals surface area contributed by atoms with Crippen LogP contribution in [0, 0.1) is 5.92 Å². The Morgan fingerprint density at radius 3 is 1.74 bits per heavy atom. The predicted molar refractivity (Wildman–Crippen MR) is 120 cm³/mol. The number of rotatable bonds is 8. The van der Waals surface area contributed by atoms with Crippen LogP contribution >= 0.6 is 0 Å². The molecule has 3 aromatic rings. The van der Waals surface area contributed by atoms with E-state index in [1.807, 2.05) is 74.5 Å². The van der Waals surface area contributed by atoms with Gasteiger partial charge in [-0.1, -0.05) is 74.5 Å². The van der Waals surface area contributed by atoms with Gasteiger partial charge in [-0.25, -0.2) is 4.79 Å². The first-order valence-electron chi connectivity index (χ1n) is 10.2. The minimum atomic E-state index is -0.787. The summed E-state index contributed by atoms with van der Waals surface area (Å²) in [7, 11) is 1.57. The fourth-order valence-electron chi connectivity index (χ4n) is 3.24. The number of carbonyl (C=O) groups excluding carboxylic acids is 2. The number of hydrogen-bond donors (Lipinski definition) is 1. The topological polar surface area (TPSA) is 64.6 Å². The molecule has 0 radical (unpaired) electrons. The third kappa shape index (κ3) is 5.72. The van der Waals surface area contributed by atoms with E-state index in [9.17, 15) is 9.59 Å². The predicted octanol–water partition coefficient (Wildman–Crippen LogP) is 4.78. The lowest BCUT2D eigenvalue weighted by atomic mass is 10.00. The average molecular weight is 418 g/mol. The first-order valence-corrected chi connectivity index (χ1v) is 10.2. The molecule has 0 aromatic heterocycles. The van der Waals surface area contributed by atoms with Crippen LogP contribution in [0.2, 0.25) is 0 Å². The highest BCUT2D eigenvalue weighted by atomic mass is 16.5. The molecule has 0 bridgehead atoms. The van der Waals surface area contributed by atoms with Gasteiger partial charge >= 0.3 is 5.97 Å². The van der Waals surface area contributed by atoms with Crippen LogP contribution in [0.15, 0.2) is 84.9 Å². The zero-order valence-corrected chi connectivity index (χ0v) is 17.9. The Balaban J connectivity index is 1.80. The molecule has 1 amide bonds. The summed E-state index contributed by atoms with van der Waals surface area (Å²) in [4.78, 5) is 25.9. The minimum Gasteiger partial charge on any atom is -0.497 e. The lowest BCUT2D eigenvalue weighted by molar-refractivity contribution is -0.151. The van der Waals surface area contributed by atoms with Gasteiger partial charge in [-0.3, -0.25) is 4.79 Å². The van der Waals surface area contributed by atoms with Crippen molar-refractivity contribution >= 4 is 11.9 Å². The molecule has 0 saturated heterocycles. The van der Waals surface area contributed by atoms with Crippen molar-refractivity contribution in [3.05, 3.63) is 102 Å². The molecule has 5 heteroatoms. The van der Waals surface area contributed by atoms with Crippen LogP contribution in [0.1, 0.15) is 41.4 Å². The molecule has 0 saturated carbocycles. The van der Waals surface area contributed by atoms with Gasteiger partial charge in [0.2, 0.25) is 0 Å². The number of methoxy groups -OCH3 is 1. The fraction of sp³-hybridized carbons (Fsp3) is 0.231. The summed E-state index contributed by atoms with van der Waals surface area (Å²) >= 11 is 0. The molecular formula is C26H27NO4. The lowest BCUT2D eigenvalue weighted by Gasteiger charge is -2.25. The fourth-order valence-corrected chi connectivity index (χ4v) is 3.24. The molecule has 0 aliphatic heterocycles. The third-order valence-electron chi connectivity index (χ3n) is 5.00. The first-order chi connectivity index (χ1) is 15.0. The molecule has 0 spiro atoms. The van der Waals surface area contributed by atoms with Crippen LogP contribution < -0.4 is 10.1 Å². The van der Waals surface area contributed by atoms with E-state index in [4.69, 9.17) is 9.47 Å². The van der Waals surface area contributed by atoms with Gasteiger partial charge in [0.1, 0.15) is 11.8 Å². The van der Waals surface area contributed by atoms with Gasteiger partial charge in [-0.05, 0) is 41.3 Å². The van der Waals surface area contributed by atoms with Crippen molar-refractivity contribution in [1.82, 2.24) is 5.32 Å². The average Bonchev–Trinajstić information content (AvgIpc) is 2.81. The van der Waals surface area contributed by atoms with Crippen molar-refractivity contribution in [1.29, 1.82) is 0 Å².